The molecule has 1 aliphatic rings. The molecule has 2 rings (SSSR count). The number of rotatable bonds is 6. The average molecular weight is 287 g/mol. The highest BCUT2D eigenvalue weighted by Crippen LogP contribution is 2.22. The van der Waals surface area contributed by atoms with Gasteiger partial charge in [0.15, 0.2) is 0 Å². The van der Waals surface area contributed by atoms with Crippen LogP contribution in [-0.2, 0) is 4.79 Å². The fourth-order valence-corrected chi connectivity index (χ4v) is 2.71. The lowest BCUT2D eigenvalue weighted by molar-refractivity contribution is -0.116. The van der Waals surface area contributed by atoms with Crippen molar-refractivity contribution < 1.29 is 9.53 Å². The van der Waals surface area contributed by atoms with E-state index < -0.39 is 0 Å². The van der Waals surface area contributed by atoms with Gasteiger partial charge >= 0.3 is 0 Å². The van der Waals surface area contributed by atoms with Crippen LogP contribution in [0.25, 0.3) is 6.08 Å². The number of hydrogen-bond acceptors (Lipinski definition) is 2. The first-order valence-corrected chi connectivity index (χ1v) is 7.96. The fraction of sp³-hybridized carbons (Fsp3) is 0.500. The minimum Gasteiger partial charge on any atom is -0.494 e. The molecular formula is C18H25NO2. The van der Waals surface area contributed by atoms with Crippen molar-refractivity contribution >= 4 is 12.0 Å². The van der Waals surface area contributed by atoms with Crippen LogP contribution in [0.5, 0.6) is 5.75 Å². The smallest absolute Gasteiger partial charge is 0.244 e. The van der Waals surface area contributed by atoms with E-state index in [0.717, 1.165) is 17.9 Å². The Kier molecular flexibility index (Phi) is 6.32. The number of carbonyl (C=O) groups is 1. The van der Waals surface area contributed by atoms with Crippen LogP contribution in [0.1, 0.15) is 44.6 Å². The van der Waals surface area contributed by atoms with E-state index in [1.807, 2.05) is 37.3 Å². The van der Waals surface area contributed by atoms with E-state index in [9.17, 15) is 4.79 Å². The van der Waals surface area contributed by atoms with Crippen LogP contribution in [0.15, 0.2) is 30.3 Å². The normalized spacial score (nSPS) is 16.0. The summed E-state index contributed by atoms with van der Waals surface area (Å²) in [6.07, 6.45) is 9.92. The highest BCUT2D eigenvalue weighted by Gasteiger charge is 2.13. The second-order valence-corrected chi connectivity index (χ2v) is 5.58. The molecule has 1 aliphatic carbocycles. The van der Waals surface area contributed by atoms with Gasteiger partial charge in [-0.1, -0.05) is 31.4 Å². The predicted octanol–water partition coefficient (Wildman–Crippen LogP) is 3.80. The number of nitrogens with one attached hydrogen (secondary N) is 1. The molecule has 0 radical (unpaired) electrons. The molecule has 0 spiro atoms. The van der Waals surface area contributed by atoms with Gasteiger partial charge in [-0.05, 0) is 49.5 Å². The highest BCUT2D eigenvalue weighted by molar-refractivity contribution is 5.91. The van der Waals surface area contributed by atoms with Crippen molar-refractivity contribution in [1.29, 1.82) is 0 Å². The van der Waals surface area contributed by atoms with Crippen LogP contribution in [-0.4, -0.2) is 19.1 Å². The number of carbonyl (C=O) groups excluding carboxylic acids is 1. The second kappa shape index (κ2) is 8.50. The Morgan fingerprint density at radius 2 is 1.95 bits per heavy atom. The van der Waals surface area contributed by atoms with Crippen molar-refractivity contribution in [2.24, 2.45) is 5.92 Å². The first-order chi connectivity index (χ1) is 10.3. The van der Waals surface area contributed by atoms with Crippen molar-refractivity contribution in [3.05, 3.63) is 35.9 Å². The number of ether oxygens (including phenoxy) is 1. The average Bonchev–Trinajstić information content (AvgIpc) is 2.53. The molecule has 1 aromatic rings. The molecule has 0 saturated heterocycles. The van der Waals surface area contributed by atoms with Gasteiger partial charge in [0.2, 0.25) is 5.91 Å². The molecule has 0 unspecified atom stereocenters. The lowest BCUT2D eigenvalue weighted by Crippen LogP contribution is -2.28. The Balaban J connectivity index is 1.75. The lowest BCUT2D eigenvalue weighted by atomic mass is 9.89. The zero-order chi connectivity index (χ0) is 14.9. The van der Waals surface area contributed by atoms with E-state index in [2.05, 4.69) is 5.32 Å². The van der Waals surface area contributed by atoms with E-state index in [1.54, 1.807) is 6.08 Å². The summed E-state index contributed by atoms with van der Waals surface area (Å²) < 4.78 is 5.39. The van der Waals surface area contributed by atoms with Crippen LogP contribution >= 0.6 is 0 Å². The van der Waals surface area contributed by atoms with Gasteiger partial charge in [0.05, 0.1) is 6.61 Å². The Morgan fingerprint density at radius 3 is 2.62 bits per heavy atom. The van der Waals surface area contributed by atoms with Crippen molar-refractivity contribution in [2.75, 3.05) is 13.2 Å². The summed E-state index contributed by atoms with van der Waals surface area (Å²) in [4.78, 5) is 11.8. The second-order valence-electron chi connectivity index (χ2n) is 5.58. The molecule has 1 saturated carbocycles. The van der Waals surface area contributed by atoms with Crippen molar-refractivity contribution in [2.45, 2.75) is 39.0 Å². The molecule has 0 aromatic heterocycles. The molecule has 3 nitrogen and oxygen atoms in total. The third-order valence-corrected chi connectivity index (χ3v) is 3.91. The molecule has 114 valence electrons. The van der Waals surface area contributed by atoms with Crippen molar-refractivity contribution in [3.63, 3.8) is 0 Å². The van der Waals surface area contributed by atoms with Gasteiger partial charge in [-0.2, -0.15) is 0 Å². The minimum atomic E-state index is -0.00513. The van der Waals surface area contributed by atoms with Crippen LogP contribution in [0, 0.1) is 5.92 Å². The number of hydrogen-bond donors (Lipinski definition) is 1. The zero-order valence-electron chi connectivity index (χ0n) is 12.8. The summed E-state index contributed by atoms with van der Waals surface area (Å²) in [5.41, 5.74) is 1.01. The molecule has 1 amide bonds. The molecule has 1 N–H and O–H groups in total. The quantitative estimate of drug-likeness (QED) is 0.808. The fourth-order valence-electron chi connectivity index (χ4n) is 2.71. The molecule has 0 atom stereocenters. The van der Waals surface area contributed by atoms with Gasteiger partial charge in [-0.3, -0.25) is 4.79 Å². The van der Waals surface area contributed by atoms with Gasteiger partial charge in [-0.25, -0.2) is 0 Å². The highest BCUT2D eigenvalue weighted by atomic mass is 16.5. The lowest BCUT2D eigenvalue weighted by Gasteiger charge is -2.21. The maximum Gasteiger partial charge on any atom is 0.244 e. The van der Waals surface area contributed by atoms with Crippen LogP contribution < -0.4 is 10.1 Å². The summed E-state index contributed by atoms with van der Waals surface area (Å²) >= 11 is 0. The maximum atomic E-state index is 11.8. The Hall–Kier alpha value is -1.77. The van der Waals surface area contributed by atoms with E-state index in [0.29, 0.717) is 12.5 Å². The predicted molar refractivity (Wildman–Crippen MR) is 86.2 cm³/mol. The molecule has 21 heavy (non-hydrogen) atoms. The SMILES string of the molecule is CCOc1ccc(/C=C/C(=O)NCC2CCCCC2)cc1. The Morgan fingerprint density at radius 1 is 1.24 bits per heavy atom. The molecule has 0 bridgehead atoms. The van der Waals surface area contributed by atoms with Crippen LogP contribution in [0.3, 0.4) is 0 Å². The third kappa shape index (κ3) is 5.62. The van der Waals surface area contributed by atoms with E-state index in [1.165, 1.54) is 32.1 Å². The molecule has 3 heteroatoms. The summed E-state index contributed by atoms with van der Waals surface area (Å²) in [7, 11) is 0. The van der Waals surface area contributed by atoms with E-state index >= 15 is 0 Å². The maximum absolute atomic E-state index is 11.8. The van der Waals surface area contributed by atoms with E-state index in [4.69, 9.17) is 4.74 Å². The van der Waals surface area contributed by atoms with E-state index in [-0.39, 0.29) is 5.91 Å². The topological polar surface area (TPSA) is 38.3 Å². The molecule has 1 fully saturated rings. The number of amides is 1. The number of benzene rings is 1. The van der Waals surface area contributed by atoms with Crippen molar-refractivity contribution in [3.8, 4) is 5.75 Å². The molecule has 0 heterocycles. The standard InChI is InChI=1S/C18H25NO2/c1-2-21-17-11-8-15(9-12-17)10-13-18(20)19-14-16-6-4-3-5-7-16/h8-13,16H,2-7,14H2,1H3,(H,19,20)/b13-10+. The van der Waals surface area contributed by atoms with Gasteiger partial charge < -0.3 is 10.1 Å². The molecule has 1 aromatic carbocycles. The van der Waals surface area contributed by atoms with Gasteiger partial charge in [0.25, 0.3) is 0 Å². The largest absolute Gasteiger partial charge is 0.494 e. The summed E-state index contributed by atoms with van der Waals surface area (Å²) in [6, 6.07) is 7.75. The van der Waals surface area contributed by atoms with Gasteiger partial charge in [-0.15, -0.1) is 0 Å². The van der Waals surface area contributed by atoms with Crippen LogP contribution in [0.4, 0.5) is 0 Å². The van der Waals surface area contributed by atoms with Gasteiger partial charge in [0, 0.05) is 12.6 Å². The molecule has 0 aliphatic heterocycles. The first kappa shape index (κ1) is 15.6. The Labute approximate surface area is 127 Å². The summed E-state index contributed by atoms with van der Waals surface area (Å²) in [6.45, 7) is 3.44. The zero-order valence-corrected chi connectivity index (χ0v) is 12.8. The minimum absolute atomic E-state index is 0.00513. The molecular weight excluding hydrogens is 262 g/mol. The Bertz CT molecular complexity index is 459. The summed E-state index contributed by atoms with van der Waals surface area (Å²) in [5, 5.41) is 3.00. The van der Waals surface area contributed by atoms with Crippen molar-refractivity contribution in [1.82, 2.24) is 5.32 Å². The summed E-state index contributed by atoms with van der Waals surface area (Å²) in [5.74, 6) is 1.52. The third-order valence-electron chi connectivity index (χ3n) is 3.91. The monoisotopic (exact) mass is 287 g/mol. The van der Waals surface area contributed by atoms with Gasteiger partial charge in [0.1, 0.15) is 5.75 Å². The van der Waals surface area contributed by atoms with Crippen LogP contribution in [0.2, 0.25) is 0 Å². The first-order valence-electron chi connectivity index (χ1n) is 7.96.